The smallest absolute Gasteiger partial charge is 0.224 e. The molecule has 0 bridgehead atoms. The highest BCUT2D eigenvalue weighted by Crippen LogP contribution is 2.29. The Balaban J connectivity index is 1.58. The van der Waals surface area contributed by atoms with Gasteiger partial charge in [0, 0.05) is 24.4 Å². The third-order valence-electron chi connectivity index (χ3n) is 4.69. The molecule has 3 N–H and O–H groups in total. The predicted octanol–water partition coefficient (Wildman–Crippen LogP) is 3.91. The molecule has 0 saturated carbocycles. The van der Waals surface area contributed by atoms with Crippen LogP contribution in [0.25, 0.3) is 44.7 Å². The highest BCUT2D eigenvalue weighted by atomic mass is 16.1. The average Bonchev–Trinajstić information content (AvgIpc) is 3.37. The second kappa shape index (κ2) is 6.83. The van der Waals surface area contributed by atoms with E-state index in [4.69, 9.17) is 4.98 Å². The number of pyridine rings is 3. The molecule has 0 fully saturated rings. The normalized spacial score (nSPS) is 11.2. The summed E-state index contributed by atoms with van der Waals surface area (Å²) in [5.41, 5.74) is 7.17. The van der Waals surface area contributed by atoms with Crippen molar-refractivity contribution in [3.05, 3.63) is 55.0 Å². The van der Waals surface area contributed by atoms with E-state index in [9.17, 15) is 4.79 Å². The summed E-state index contributed by atoms with van der Waals surface area (Å²) >= 11 is 0. The van der Waals surface area contributed by atoms with Crippen LogP contribution >= 0.6 is 0 Å². The van der Waals surface area contributed by atoms with Crippen molar-refractivity contribution in [1.29, 1.82) is 0 Å². The van der Waals surface area contributed by atoms with Crippen molar-refractivity contribution in [3.8, 4) is 22.6 Å². The van der Waals surface area contributed by atoms with Gasteiger partial charge in [0.25, 0.3) is 0 Å². The predicted molar refractivity (Wildman–Crippen MR) is 111 cm³/mol. The van der Waals surface area contributed by atoms with Crippen LogP contribution in [0.4, 0.5) is 5.69 Å². The van der Waals surface area contributed by atoms with E-state index in [0.29, 0.717) is 12.1 Å². The molecule has 0 aliphatic rings. The molecule has 8 heteroatoms. The van der Waals surface area contributed by atoms with Crippen LogP contribution in [0.3, 0.4) is 0 Å². The lowest BCUT2D eigenvalue weighted by atomic mass is 10.1. The Labute approximate surface area is 165 Å². The topological polar surface area (TPSA) is 112 Å². The van der Waals surface area contributed by atoms with Crippen molar-refractivity contribution in [2.24, 2.45) is 0 Å². The summed E-state index contributed by atoms with van der Waals surface area (Å²) in [7, 11) is 0. The van der Waals surface area contributed by atoms with Gasteiger partial charge in [-0.05, 0) is 36.4 Å². The fraction of sp³-hybridized carbons (Fsp3) is 0.0952. The molecule has 142 valence electrons. The summed E-state index contributed by atoms with van der Waals surface area (Å²) in [6.45, 7) is 1.81. The first kappa shape index (κ1) is 17.1. The second-order valence-electron chi connectivity index (χ2n) is 6.65. The maximum Gasteiger partial charge on any atom is 0.224 e. The number of nitrogens with zero attached hydrogens (tertiary/aromatic N) is 4. The number of anilines is 1. The molecule has 1 amide bonds. The zero-order valence-corrected chi connectivity index (χ0v) is 15.6. The van der Waals surface area contributed by atoms with Crippen LogP contribution < -0.4 is 5.32 Å². The fourth-order valence-electron chi connectivity index (χ4n) is 3.23. The van der Waals surface area contributed by atoms with Gasteiger partial charge in [-0.25, -0.2) is 4.98 Å². The minimum Gasteiger partial charge on any atom is -0.352 e. The Hall–Kier alpha value is -4.07. The monoisotopic (exact) mass is 383 g/mol. The molecule has 0 aromatic carbocycles. The van der Waals surface area contributed by atoms with Gasteiger partial charge in [-0.3, -0.25) is 19.9 Å². The van der Waals surface area contributed by atoms with Gasteiger partial charge in [0.05, 0.1) is 39.8 Å². The van der Waals surface area contributed by atoms with Gasteiger partial charge < -0.3 is 10.3 Å². The number of carbonyl (C=O) groups is 1. The zero-order valence-electron chi connectivity index (χ0n) is 15.6. The number of hydrogen-bond acceptors (Lipinski definition) is 5. The third-order valence-corrected chi connectivity index (χ3v) is 4.69. The molecular formula is C21H17N7O. The highest BCUT2D eigenvalue weighted by molar-refractivity contribution is 5.94. The number of hydrogen-bond donors (Lipinski definition) is 3. The first-order valence-corrected chi connectivity index (χ1v) is 9.26. The van der Waals surface area contributed by atoms with Crippen LogP contribution in [0.2, 0.25) is 0 Å². The van der Waals surface area contributed by atoms with Crippen LogP contribution in [-0.2, 0) is 4.79 Å². The number of nitrogens with one attached hydrogen (secondary N) is 3. The molecule has 0 spiro atoms. The molecule has 0 aliphatic heterocycles. The van der Waals surface area contributed by atoms with Gasteiger partial charge in [0.15, 0.2) is 0 Å². The Morgan fingerprint density at radius 1 is 1.14 bits per heavy atom. The second-order valence-corrected chi connectivity index (χ2v) is 6.65. The molecule has 29 heavy (non-hydrogen) atoms. The molecular weight excluding hydrogens is 366 g/mol. The molecule has 8 nitrogen and oxygen atoms in total. The van der Waals surface area contributed by atoms with E-state index in [1.807, 2.05) is 43.3 Å². The maximum atomic E-state index is 11.7. The van der Waals surface area contributed by atoms with E-state index in [2.05, 4.69) is 30.5 Å². The lowest BCUT2D eigenvalue weighted by Crippen LogP contribution is -2.09. The highest BCUT2D eigenvalue weighted by Gasteiger charge is 2.14. The van der Waals surface area contributed by atoms with E-state index in [-0.39, 0.29) is 5.91 Å². The Bertz CT molecular complexity index is 1320. The van der Waals surface area contributed by atoms with Crippen molar-refractivity contribution < 1.29 is 4.79 Å². The summed E-state index contributed by atoms with van der Waals surface area (Å²) in [5, 5.41) is 10.3. The van der Waals surface area contributed by atoms with Gasteiger partial charge in [0.2, 0.25) is 5.91 Å². The summed E-state index contributed by atoms with van der Waals surface area (Å²) in [6.07, 6.45) is 5.52. The number of carbonyl (C=O) groups excluding carboxylic acids is 1. The Kier molecular flexibility index (Phi) is 4.02. The van der Waals surface area contributed by atoms with Crippen molar-refractivity contribution in [2.75, 3.05) is 5.32 Å². The summed E-state index contributed by atoms with van der Waals surface area (Å²) in [6, 6.07) is 11.5. The summed E-state index contributed by atoms with van der Waals surface area (Å²) in [5.74, 6) is -0.0584. The standard InChI is InChI=1S/C21H17N7O/c1-2-19(29)24-13-8-12(10-22-11-13)14-5-6-16-20(26-14)21(28-27-16)18-9-17-15(25-18)4-3-7-23-17/h3-11,25H,2H2,1H3,(H,24,29)(H,27,28). The molecule has 5 rings (SSSR count). The van der Waals surface area contributed by atoms with E-state index in [1.54, 1.807) is 18.6 Å². The molecule has 0 aliphatic carbocycles. The summed E-state index contributed by atoms with van der Waals surface area (Å²) in [4.78, 5) is 28.4. The Morgan fingerprint density at radius 2 is 2.07 bits per heavy atom. The van der Waals surface area contributed by atoms with E-state index >= 15 is 0 Å². The van der Waals surface area contributed by atoms with Gasteiger partial charge in [-0.1, -0.05) is 6.92 Å². The molecule has 0 atom stereocenters. The van der Waals surface area contributed by atoms with Gasteiger partial charge in [-0.15, -0.1) is 0 Å². The average molecular weight is 383 g/mol. The van der Waals surface area contributed by atoms with Crippen LogP contribution in [0, 0.1) is 0 Å². The van der Waals surface area contributed by atoms with E-state index < -0.39 is 0 Å². The number of aromatic nitrogens is 6. The first-order valence-electron chi connectivity index (χ1n) is 9.26. The number of aromatic amines is 2. The maximum absolute atomic E-state index is 11.7. The quantitative estimate of drug-likeness (QED) is 0.435. The molecule has 5 heterocycles. The number of amides is 1. The van der Waals surface area contributed by atoms with Crippen LogP contribution in [0.1, 0.15) is 13.3 Å². The SMILES string of the molecule is CCC(=O)Nc1cncc(-c2ccc3[nH]nc(-c4cc5ncccc5[nH]4)c3n2)c1. The number of fused-ring (bicyclic) bond motifs is 2. The van der Waals surface area contributed by atoms with Crippen molar-refractivity contribution >= 4 is 33.7 Å². The van der Waals surface area contributed by atoms with Crippen molar-refractivity contribution in [3.63, 3.8) is 0 Å². The minimum atomic E-state index is -0.0584. The van der Waals surface area contributed by atoms with E-state index in [1.165, 1.54) is 0 Å². The lowest BCUT2D eigenvalue weighted by Gasteiger charge is -2.06. The van der Waals surface area contributed by atoms with Crippen LogP contribution in [0.15, 0.2) is 55.0 Å². The molecule has 5 aromatic heterocycles. The summed E-state index contributed by atoms with van der Waals surface area (Å²) < 4.78 is 0. The third kappa shape index (κ3) is 3.10. The fourth-order valence-corrected chi connectivity index (χ4v) is 3.23. The molecule has 0 saturated heterocycles. The van der Waals surface area contributed by atoms with Crippen molar-refractivity contribution in [2.45, 2.75) is 13.3 Å². The lowest BCUT2D eigenvalue weighted by molar-refractivity contribution is -0.115. The zero-order chi connectivity index (χ0) is 19.8. The van der Waals surface area contributed by atoms with Crippen molar-refractivity contribution in [1.82, 2.24) is 30.1 Å². The van der Waals surface area contributed by atoms with Crippen LogP contribution in [0.5, 0.6) is 0 Å². The molecule has 5 aromatic rings. The number of H-pyrrole nitrogens is 2. The van der Waals surface area contributed by atoms with E-state index in [0.717, 1.165) is 44.7 Å². The van der Waals surface area contributed by atoms with Gasteiger partial charge in [-0.2, -0.15) is 5.10 Å². The first-order chi connectivity index (χ1) is 14.2. The molecule has 0 unspecified atom stereocenters. The number of rotatable bonds is 4. The van der Waals surface area contributed by atoms with Crippen LogP contribution in [-0.4, -0.2) is 36.0 Å². The van der Waals surface area contributed by atoms with Gasteiger partial charge in [0.1, 0.15) is 11.2 Å². The van der Waals surface area contributed by atoms with Gasteiger partial charge >= 0.3 is 0 Å². The largest absolute Gasteiger partial charge is 0.352 e. The Morgan fingerprint density at radius 3 is 2.93 bits per heavy atom. The minimum absolute atomic E-state index is 0.0584. The molecule has 0 radical (unpaired) electrons.